The first-order valence-electron chi connectivity index (χ1n) is 6.00. The smallest absolute Gasteiger partial charge is 0.262 e. The first-order chi connectivity index (χ1) is 9.63. The molecule has 20 heavy (non-hydrogen) atoms. The van der Waals surface area contributed by atoms with Crippen LogP contribution in [0.25, 0.3) is 0 Å². The molecule has 0 radical (unpaired) electrons. The van der Waals surface area contributed by atoms with Gasteiger partial charge in [0, 0.05) is 11.1 Å². The number of halogens is 1. The first-order valence-corrected chi connectivity index (χ1v) is 6.00. The molecule has 100 valence electrons. The van der Waals surface area contributed by atoms with Crippen LogP contribution in [-0.2, 0) is 4.79 Å². The number of anilines is 1. The fourth-order valence-electron chi connectivity index (χ4n) is 2.02. The van der Waals surface area contributed by atoms with Gasteiger partial charge in [0.2, 0.25) is 0 Å². The Morgan fingerprint density at radius 1 is 1.15 bits per heavy atom. The molecular formula is C15H10FNO3. The van der Waals surface area contributed by atoms with E-state index >= 15 is 0 Å². The van der Waals surface area contributed by atoms with Gasteiger partial charge < -0.3 is 10.1 Å². The van der Waals surface area contributed by atoms with Crippen LogP contribution in [0.5, 0.6) is 5.75 Å². The van der Waals surface area contributed by atoms with Crippen LogP contribution in [0.4, 0.5) is 10.1 Å². The topological polar surface area (TPSA) is 55.4 Å². The maximum absolute atomic E-state index is 13.1. The zero-order valence-electron chi connectivity index (χ0n) is 10.4. The van der Waals surface area contributed by atoms with Crippen LogP contribution < -0.4 is 10.1 Å². The average molecular weight is 271 g/mol. The fraction of sp³-hybridized carbons (Fsp3) is 0.0667. The predicted molar refractivity (Wildman–Crippen MR) is 70.4 cm³/mol. The maximum atomic E-state index is 13.1. The number of amides is 1. The van der Waals surface area contributed by atoms with Gasteiger partial charge in [-0.25, -0.2) is 4.39 Å². The van der Waals surface area contributed by atoms with E-state index in [2.05, 4.69) is 5.32 Å². The number of carbonyl (C=O) groups is 2. The normalized spacial score (nSPS) is 13.2. The number of hydrogen-bond acceptors (Lipinski definition) is 3. The van der Waals surface area contributed by atoms with Crippen molar-refractivity contribution in [3.05, 3.63) is 59.4 Å². The van der Waals surface area contributed by atoms with Crippen LogP contribution in [0.15, 0.2) is 42.5 Å². The summed E-state index contributed by atoms with van der Waals surface area (Å²) in [6.07, 6.45) is 0. The Bertz CT molecular complexity index is 712. The van der Waals surface area contributed by atoms with Crippen LogP contribution in [-0.4, -0.2) is 18.3 Å². The highest BCUT2D eigenvalue weighted by atomic mass is 19.1. The lowest BCUT2D eigenvalue weighted by atomic mass is 10.0. The van der Waals surface area contributed by atoms with Crippen LogP contribution in [0.3, 0.4) is 0 Å². The molecule has 5 heteroatoms. The molecule has 0 unspecified atom stereocenters. The van der Waals surface area contributed by atoms with Crippen LogP contribution in [0.2, 0.25) is 0 Å². The SMILES string of the molecule is O=C1COc2ccc(C(=O)c3cccc(F)c3)cc2N1. The van der Waals surface area contributed by atoms with Crippen molar-refractivity contribution in [2.24, 2.45) is 0 Å². The lowest BCUT2D eigenvalue weighted by molar-refractivity contribution is -0.118. The van der Waals surface area contributed by atoms with Gasteiger partial charge in [-0.2, -0.15) is 0 Å². The van der Waals surface area contributed by atoms with Crippen LogP contribution in [0.1, 0.15) is 15.9 Å². The lowest BCUT2D eigenvalue weighted by Gasteiger charge is -2.18. The monoisotopic (exact) mass is 271 g/mol. The Balaban J connectivity index is 1.97. The molecule has 0 bridgehead atoms. The van der Waals surface area contributed by atoms with Crippen LogP contribution in [0, 0.1) is 5.82 Å². The molecule has 0 aromatic heterocycles. The summed E-state index contributed by atoms with van der Waals surface area (Å²) in [7, 11) is 0. The Morgan fingerprint density at radius 2 is 1.95 bits per heavy atom. The van der Waals surface area contributed by atoms with Crippen molar-refractivity contribution in [3.8, 4) is 5.75 Å². The molecule has 0 fully saturated rings. The van der Waals surface area contributed by atoms with E-state index in [4.69, 9.17) is 4.74 Å². The van der Waals surface area contributed by atoms with Gasteiger partial charge >= 0.3 is 0 Å². The second kappa shape index (κ2) is 4.77. The van der Waals surface area contributed by atoms with E-state index < -0.39 is 5.82 Å². The van der Waals surface area contributed by atoms with Crippen molar-refractivity contribution in [1.29, 1.82) is 0 Å². The van der Waals surface area contributed by atoms with E-state index in [-0.39, 0.29) is 23.9 Å². The van der Waals surface area contributed by atoms with Gasteiger partial charge in [0.1, 0.15) is 11.6 Å². The first kappa shape index (κ1) is 12.3. The van der Waals surface area contributed by atoms with Gasteiger partial charge in [-0.05, 0) is 30.3 Å². The number of carbonyl (C=O) groups excluding carboxylic acids is 2. The number of benzene rings is 2. The molecule has 1 aliphatic heterocycles. The summed E-state index contributed by atoms with van der Waals surface area (Å²) in [5.74, 6) is -0.536. The zero-order chi connectivity index (χ0) is 14.1. The van der Waals surface area contributed by atoms with Crippen molar-refractivity contribution in [2.75, 3.05) is 11.9 Å². The summed E-state index contributed by atoms with van der Waals surface area (Å²) >= 11 is 0. The summed E-state index contributed by atoms with van der Waals surface area (Å²) in [5, 5.41) is 2.63. The Morgan fingerprint density at radius 3 is 2.75 bits per heavy atom. The number of ketones is 1. The Hall–Kier alpha value is -2.69. The number of nitrogens with one attached hydrogen (secondary N) is 1. The Kier molecular flexibility index (Phi) is 2.95. The summed E-state index contributed by atoms with van der Waals surface area (Å²) < 4.78 is 18.4. The molecule has 4 nitrogen and oxygen atoms in total. The van der Waals surface area contributed by atoms with Crippen molar-refractivity contribution < 1.29 is 18.7 Å². The zero-order valence-corrected chi connectivity index (χ0v) is 10.4. The van der Waals surface area contributed by atoms with E-state index in [1.807, 2.05) is 0 Å². The van der Waals surface area contributed by atoms with Crippen LogP contribution >= 0.6 is 0 Å². The van der Waals surface area contributed by atoms with Gasteiger partial charge in [0.05, 0.1) is 5.69 Å². The minimum atomic E-state index is -0.467. The molecule has 1 heterocycles. The lowest BCUT2D eigenvalue weighted by Crippen LogP contribution is -2.25. The quantitative estimate of drug-likeness (QED) is 0.853. The van der Waals surface area contributed by atoms with Gasteiger partial charge in [-0.3, -0.25) is 9.59 Å². The van der Waals surface area contributed by atoms with Gasteiger partial charge in [-0.15, -0.1) is 0 Å². The summed E-state index contributed by atoms with van der Waals surface area (Å²) in [5.41, 5.74) is 1.07. The predicted octanol–water partition coefficient (Wildman–Crippen LogP) is 2.39. The molecule has 1 amide bonds. The van der Waals surface area contributed by atoms with E-state index in [0.717, 1.165) is 0 Å². The molecular weight excluding hydrogens is 261 g/mol. The summed E-state index contributed by atoms with van der Waals surface area (Å²) in [4.78, 5) is 23.5. The number of rotatable bonds is 2. The molecule has 1 N–H and O–H groups in total. The van der Waals surface area contributed by atoms with Crippen molar-refractivity contribution in [3.63, 3.8) is 0 Å². The largest absolute Gasteiger partial charge is 0.482 e. The second-order valence-electron chi connectivity index (χ2n) is 4.39. The highest BCUT2D eigenvalue weighted by molar-refractivity contribution is 6.10. The van der Waals surface area contributed by atoms with E-state index in [1.54, 1.807) is 18.2 Å². The summed E-state index contributed by atoms with van der Waals surface area (Å²) in [6.45, 7) is -0.0375. The molecule has 0 saturated heterocycles. The van der Waals surface area contributed by atoms with Crippen molar-refractivity contribution in [2.45, 2.75) is 0 Å². The number of fused-ring (bicyclic) bond motifs is 1. The Labute approximate surface area is 114 Å². The molecule has 0 aliphatic carbocycles. The molecule has 0 atom stereocenters. The molecule has 2 aromatic rings. The molecule has 0 spiro atoms. The van der Waals surface area contributed by atoms with E-state index in [0.29, 0.717) is 17.0 Å². The molecule has 0 saturated carbocycles. The van der Waals surface area contributed by atoms with E-state index in [9.17, 15) is 14.0 Å². The number of ether oxygens (including phenoxy) is 1. The van der Waals surface area contributed by atoms with Gasteiger partial charge in [0.25, 0.3) is 5.91 Å². The fourth-order valence-corrected chi connectivity index (χ4v) is 2.02. The van der Waals surface area contributed by atoms with Gasteiger partial charge in [-0.1, -0.05) is 12.1 Å². The standard InChI is InChI=1S/C15H10FNO3/c16-11-3-1-2-9(6-11)15(19)10-4-5-13-12(7-10)17-14(18)8-20-13/h1-7H,8H2,(H,17,18). The maximum Gasteiger partial charge on any atom is 0.262 e. The third-order valence-electron chi connectivity index (χ3n) is 2.96. The number of hydrogen-bond donors (Lipinski definition) is 1. The third kappa shape index (κ3) is 2.25. The summed E-state index contributed by atoms with van der Waals surface area (Å²) in [6, 6.07) is 10.2. The van der Waals surface area contributed by atoms with Crippen molar-refractivity contribution in [1.82, 2.24) is 0 Å². The minimum Gasteiger partial charge on any atom is -0.482 e. The minimum absolute atomic E-state index is 0.0375. The van der Waals surface area contributed by atoms with E-state index in [1.165, 1.54) is 24.3 Å². The second-order valence-corrected chi connectivity index (χ2v) is 4.39. The van der Waals surface area contributed by atoms with Gasteiger partial charge in [0.15, 0.2) is 12.4 Å². The molecule has 3 rings (SSSR count). The third-order valence-corrected chi connectivity index (χ3v) is 2.96. The average Bonchev–Trinajstić information content (AvgIpc) is 2.45. The highest BCUT2D eigenvalue weighted by Gasteiger charge is 2.18. The molecule has 1 aliphatic rings. The van der Waals surface area contributed by atoms with Crippen molar-refractivity contribution >= 4 is 17.4 Å². The highest BCUT2D eigenvalue weighted by Crippen LogP contribution is 2.29. The molecule has 2 aromatic carbocycles.